The van der Waals surface area contributed by atoms with Gasteiger partial charge in [-0.15, -0.1) is 0 Å². The number of nitro benzene ring substituents is 1. The highest BCUT2D eigenvalue weighted by molar-refractivity contribution is 6.34. The van der Waals surface area contributed by atoms with Gasteiger partial charge < -0.3 is 9.15 Å². The van der Waals surface area contributed by atoms with Gasteiger partial charge in [0.25, 0.3) is 11.6 Å². The number of halogens is 3. The Hall–Kier alpha value is -4.74. The SMILES string of the molecule is CCOC(=O)c1ccc(N2N=C(C(F)(F)F)/C(=C/c3ccc(-c4cccc([N+](=O)[O-])c4)o3)C2=O)cc1. The summed E-state index contributed by atoms with van der Waals surface area (Å²) in [6.45, 7) is 1.77. The Kier molecular flexibility index (Phi) is 6.43. The molecule has 9 nitrogen and oxygen atoms in total. The predicted molar refractivity (Wildman–Crippen MR) is 122 cm³/mol. The number of non-ortho nitro benzene ring substituents is 1. The summed E-state index contributed by atoms with van der Waals surface area (Å²) >= 11 is 0. The molecule has 0 spiro atoms. The van der Waals surface area contributed by atoms with Gasteiger partial charge in [-0.1, -0.05) is 12.1 Å². The van der Waals surface area contributed by atoms with Crippen LogP contribution in [0.25, 0.3) is 17.4 Å². The van der Waals surface area contributed by atoms with Crippen LogP contribution in [-0.2, 0) is 9.53 Å². The van der Waals surface area contributed by atoms with Crippen LogP contribution < -0.4 is 5.01 Å². The molecule has 2 aromatic carbocycles. The Balaban J connectivity index is 1.66. The number of furan rings is 1. The summed E-state index contributed by atoms with van der Waals surface area (Å²) in [6.07, 6.45) is -4.04. The molecule has 0 atom stereocenters. The lowest BCUT2D eigenvalue weighted by atomic mass is 10.1. The van der Waals surface area contributed by atoms with Crippen molar-refractivity contribution >= 4 is 35.0 Å². The van der Waals surface area contributed by atoms with Crippen molar-refractivity contribution in [2.24, 2.45) is 5.10 Å². The van der Waals surface area contributed by atoms with E-state index >= 15 is 0 Å². The highest BCUT2D eigenvalue weighted by atomic mass is 19.4. The molecule has 1 aromatic heterocycles. The van der Waals surface area contributed by atoms with E-state index in [1.165, 1.54) is 60.7 Å². The van der Waals surface area contributed by atoms with Gasteiger partial charge in [-0.25, -0.2) is 4.79 Å². The summed E-state index contributed by atoms with van der Waals surface area (Å²) in [5, 5.41) is 15.0. The minimum Gasteiger partial charge on any atom is -0.462 e. The van der Waals surface area contributed by atoms with Gasteiger partial charge in [0, 0.05) is 17.7 Å². The molecule has 0 aliphatic carbocycles. The number of amides is 1. The molecule has 1 aliphatic heterocycles. The predicted octanol–water partition coefficient (Wildman–Crippen LogP) is 5.38. The maximum absolute atomic E-state index is 13.7. The fourth-order valence-electron chi connectivity index (χ4n) is 3.38. The van der Waals surface area contributed by atoms with Gasteiger partial charge in [-0.3, -0.25) is 14.9 Å². The number of anilines is 1. The van der Waals surface area contributed by atoms with E-state index in [9.17, 15) is 32.9 Å². The van der Waals surface area contributed by atoms with E-state index < -0.39 is 34.3 Å². The lowest BCUT2D eigenvalue weighted by molar-refractivity contribution is -0.384. The zero-order valence-electron chi connectivity index (χ0n) is 18.5. The highest BCUT2D eigenvalue weighted by Gasteiger charge is 2.47. The molecular weight excluding hydrogens is 483 g/mol. The zero-order chi connectivity index (χ0) is 26.0. The number of carbonyl (C=O) groups excluding carboxylic acids is 2. The van der Waals surface area contributed by atoms with Gasteiger partial charge in [0.15, 0.2) is 5.71 Å². The largest absolute Gasteiger partial charge is 0.462 e. The second-order valence-electron chi connectivity index (χ2n) is 7.40. The van der Waals surface area contributed by atoms with Crippen molar-refractivity contribution in [2.75, 3.05) is 11.6 Å². The van der Waals surface area contributed by atoms with E-state index in [0.717, 1.165) is 6.08 Å². The Bertz CT molecular complexity index is 1410. The van der Waals surface area contributed by atoms with Crippen molar-refractivity contribution in [2.45, 2.75) is 13.1 Å². The molecule has 0 saturated heterocycles. The van der Waals surface area contributed by atoms with E-state index in [-0.39, 0.29) is 35.1 Å². The van der Waals surface area contributed by atoms with Crippen LogP contribution in [-0.4, -0.2) is 35.3 Å². The smallest absolute Gasteiger partial charge is 0.435 e. The number of nitro groups is 1. The third kappa shape index (κ3) is 4.87. The maximum Gasteiger partial charge on any atom is 0.435 e. The van der Waals surface area contributed by atoms with Gasteiger partial charge in [-0.05, 0) is 49.4 Å². The number of hydrogen-bond donors (Lipinski definition) is 0. The summed E-state index contributed by atoms with van der Waals surface area (Å²) in [4.78, 5) is 35.1. The standard InChI is InChI=1S/C24H16F3N3O6/c1-2-35-23(32)14-6-8-16(9-7-14)29-22(31)19(21(28-29)24(25,26)27)13-18-10-11-20(36-18)15-4-3-5-17(12-15)30(33)34/h3-13H,2H2,1H3/b19-13-. The van der Waals surface area contributed by atoms with Crippen molar-refractivity contribution in [3.63, 3.8) is 0 Å². The molecule has 2 heterocycles. The van der Waals surface area contributed by atoms with Gasteiger partial charge >= 0.3 is 12.1 Å². The summed E-state index contributed by atoms with van der Waals surface area (Å²) in [5.41, 5.74) is -1.86. The van der Waals surface area contributed by atoms with E-state index in [1.807, 2.05) is 0 Å². The zero-order valence-corrected chi connectivity index (χ0v) is 18.5. The van der Waals surface area contributed by atoms with E-state index in [0.29, 0.717) is 10.6 Å². The van der Waals surface area contributed by atoms with Crippen molar-refractivity contribution in [3.8, 4) is 11.3 Å². The molecular formula is C24H16F3N3O6. The van der Waals surface area contributed by atoms with Gasteiger partial charge in [0.1, 0.15) is 11.5 Å². The molecule has 0 fully saturated rings. The van der Waals surface area contributed by atoms with E-state index in [2.05, 4.69) is 5.10 Å². The number of carbonyl (C=O) groups is 2. The first kappa shape index (κ1) is 24.4. The molecule has 184 valence electrons. The summed E-state index contributed by atoms with van der Waals surface area (Å²) in [6, 6.07) is 13.4. The summed E-state index contributed by atoms with van der Waals surface area (Å²) in [5.74, 6) is -1.60. The second kappa shape index (κ2) is 9.49. The number of rotatable bonds is 6. The lowest BCUT2D eigenvalue weighted by Crippen LogP contribution is -2.25. The van der Waals surface area contributed by atoms with Gasteiger partial charge in [0.05, 0.1) is 28.4 Å². The Morgan fingerprint density at radius 3 is 2.53 bits per heavy atom. The molecule has 1 amide bonds. The quantitative estimate of drug-likeness (QED) is 0.195. The Morgan fingerprint density at radius 2 is 1.89 bits per heavy atom. The van der Waals surface area contributed by atoms with Crippen molar-refractivity contribution < 1.29 is 36.8 Å². The molecule has 0 bridgehead atoms. The molecule has 0 saturated carbocycles. The van der Waals surface area contributed by atoms with Crippen LogP contribution in [0.2, 0.25) is 0 Å². The number of ether oxygens (including phenoxy) is 1. The molecule has 0 N–H and O–H groups in total. The number of alkyl halides is 3. The molecule has 36 heavy (non-hydrogen) atoms. The first-order chi connectivity index (χ1) is 17.1. The maximum atomic E-state index is 13.7. The first-order valence-corrected chi connectivity index (χ1v) is 10.4. The molecule has 3 aromatic rings. The monoisotopic (exact) mass is 499 g/mol. The van der Waals surface area contributed by atoms with E-state index in [4.69, 9.17) is 9.15 Å². The van der Waals surface area contributed by atoms with Crippen LogP contribution in [0.4, 0.5) is 24.5 Å². The third-order valence-corrected chi connectivity index (χ3v) is 5.02. The fourth-order valence-corrected chi connectivity index (χ4v) is 3.38. The van der Waals surface area contributed by atoms with Crippen molar-refractivity contribution in [1.29, 1.82) is 0 Å². The van der Waals surface area contributed by atoms with Gasteiger partial charge in [0.2, 0.25) is 0 Å². The van der Waals surface area contributed by atoms with Crippen LogP contribution in [0, 0.1) is 10.1 Å². The summed E-state index contributed by atoms with van der Waals surface area (Å²) < 4.78 is 51.5. The highest BCUT2D eigenvalue weighted by Crippen LogP contribution is 2.34. The third-order valence-electron chi connectivity index (χ3n) is 5.02. The normalized spacial score (nSPS) is 14.8. The van der Waals surface area contributed by atoms with Crippen LogP contribution >= 0.6 is 0 Å². The van der Waals surface area contributed by atoms with Crippen LogP contribution in [0.5, 0.6) is 0 Å². The number of esters is 1. The minimum atomic E-state index is -4.95. The van der Waals surface area contributed by atoms with Crippen LogP contribution in [0.15, 0.2) is 75.8 Å². The van der Waals surface area contributed by atoms with Crippen molar-refractivity contribution in [3.05, 3.63) is 87.7 Å². The number of hydrazone groups is 1. The summed E-state index contributed by atoms with van der Waals surface area (Å²) in [7, 11) is 0. The topological polar surface area (TPSA) is 115 Å². The van der Waals surface area contributed by atoms with E-state index in [1.54, 1.807) is 6.92 Å². The molecule has 0 unspecified atom stereocenters. The van der Waals surface area contributed by atoms with Crippen LogP contribution in [0.1, 0.15) is 23.0 Å². The van der Waals surface area contributed by atoms with Crippen LogP contribution in [0.3, 0.4) is 0 Å². The molecule has 0 radical (unpaired) electrons. The number of nitrogens with zero attached hydrogens (tertiary/aromatic N) is 3. The number of hydrogen-bond acceptors (Lipinski definition) is 7. The molecule has 12 heteroatoms. The second-order valence-corrected chi connectivity index (χ2v) is 7.40. The van der Waals surface area contributed by atoms with Gasteiger partial charge in [-0.2, -0.15) is 23.3 Å². The molecule has 4 rings (SSSR count). The lowest BCUT2D eigenvalue weighted by Gasteiger charge is -2.12. The average molecular weight is 499 g/mol. The minimum absolute atomic E-state index is 0.00919. The fraction of sp³-hybridized carbons (Fsp3) is 0.125. The van der Waals surface area contributed by atoms with Crippen molar-refractivity contribution in [1.82, 2.24) is 0 Å². The first-order valence-electron chi connectivity index (χ1n) is 10.4. The average Bonchev–Trinajstić information content (AvgIpc) is 3.44. The Morgan fingerprint density at radius 1 is 1.17 bits per heavy atom. The number of benzene rings is 2. The molecule has 1 aliphatic rings. The Labute approximate surface area is 201 Å².